The molecular formula is C16H21NS. The fourth-order valence-corrected chi connectivity index (χ4v) is 3.40. The van der Waals surface area contributed by atoms with Gasteiger partial charge in [0, 0.05) is 4.88 Å². The molecule has 0 saturated heterocycles. The van der Waals surface area contributed by atoms with Crippen molar-refractivity contribution in [2.75, 3.05) is 6.54 Å². The van der Waals surface area contributed by atoms with Crippen molar-refractivity contribution >= 4 is 11.3 Å². The van der Waals surface area contributed by atoms with Crippen LogP contribution in [0, 0.1) is 20.8 Å². The van der Waals surface area contributed by atoms with Crippen molar-refractivity contribution in [2.24, 2.45) is 0 Å². The van der Waals surface area contributed by atoms with E-state index in [1.54, 1.807) is 0 Å². The van der Waals surface area contributed by atoms with Crippen LogP contribution in [0.3, 0.4) is 0 Å². The minimum Gasteiger partial charge on any atom is -0.306 e. The van der Waals surface area contributed by atoms with E-state index < -0.39 is 0 Å². The minimum absolute atomic E-state index is 0.329. The van der Waals surface area contributed by atoms with Crippen molar-refractivity contribution in [3.63, 3.8) is 0 Å². The molecule has 2 aromatic rings. The summed E-state index contributed by atoms with van der Waals surface area (Å²) >= 11 is 1.84. The summed E-state index contributed by atoms with van der Waals surface area (Å²) in [5.41, 5.74) is 5.47. The number of aryl methyl sites for hydroxylation is 3. The van der Waals surface area contributed by atoms with E-state index in [4.69, 9.17) is 0 Å². The van der Waals surface area contributed by atoms with Gasteiger partial charge >= 0.3 is 0 Å². The van der Waals surface area contributed by atoms with Gasteiger partial charge in [0.2, 0.25) is 0 Å². The predicted molar refractivity (Wildman–Crippen MR) is 80.5 cm³/mol. The van der Waals surface area contributed by atoms with Crippen LogP contribution in [0.15, 0.2) is 29.6 Å². The molecule has 18 heavy (non-hydrogen) atoms. The molecule has 0 aliphatic heterocycles. The number of hydrogen-bond donors (Lipinski definition) is 1. The fraction of sp³-hybridized carbons (Fsp3) is 0.375. The molecule has 1 atom stereocenters. The summed E-state index contributed by atoms with van der Waals surface area (Å²) in [7, 11) is 0. The first-order valence-electron chi connectivity index (χ1n) is 6.48. The normalized spacial score (nSPS) is 12.7. The molecule has 2 rings (SSSR count). The van der Waals surface area contributed by atoms with E-state index in [-0.39, 0.29) is 0 Å². The van der Waals surface area contributed by atoms with Crippen LogP contribution in [0.4, 0.5) is 0 Å². The summed E-state index contributed by atoms with van der Waals surface area (Å²) in [6.07, 6.45) is 0. The molecule has 0 amide bonds. The Balaban J connectivity index is 2.45. The minimum atomic E-state index is 0.329. The highest BCUT2D eigenvalue weighted by molar-refractivity contribution is 7.10. The maximum absolute atomic E-state index is 3.61. The van der Waals surface area contributed by atoms with Gasteiger partial charge in [-0.25, -0.2) is 0 Å². The molecule has 0 aliphatic rings. The third-order valence-corrected chi connectivity index (χ3v) is 4.39. The third kappa shape index (κ3) is 2.65. The van der Waals surface area contributed by atoms with Crippen LogP contribution in [0.2, 0.25) is 0 Å². The highest BCUT2D eigenvalue weighted by Gasteiger charge is 2.18. The van der Waals surface area contributed by atoms with E-state index >= 15 is 0 Å². The molecule has 1 unspecified atom stereocenters. The monoisotopic (exact) mass is 259 g/mol. The lowest BCUT2D eigenvalue weighted by molar-refractivity contribution is 0.634. The summed E-state index contributed by atoms with van der Waals surface area (Å²) in [5.74, 6) is 0. The first-order chi connectivity index (χ1) is 8.63. The Morgan fingerprint density at radius 3 is 2.44 bits per heavy atom. The Morgan fingerprint density at radius 1 is 1.11 bits per heavy atom. The SMILES string of the molecule is CCNC(c1ccc(C)cc1C)c1sccc1C. The van der Waals surface area contributed by atoms with E-state index in [1.165, 1.54) is 27.1 Å². The molecular weight excluding hydrogens is 238 g/mol. The largest absolute Gasteiger partial charge is 0.306 e. The van der Waals surface area contributed by atoms with Gasteiger partial charge in [-0.2, -0.15) is 0 Å². The van der Waals surface area contributed by atoms with Crippen LogP contribution >= 0.6 is 11.3 Å². The second-order valence-electron chi connectivity index (χ2n) is 4.82. The summed E-state index contributed by atoms with van der Waals surface area (Å²) in [6.45, 7) is 9.69. The van der Waals surface area contributed by atoms with Gasteiger partial charge in [0.25, 0.3) is 0 Å². The number of rotatable bonds is 4. The Kier molecular flexibility index (Phi) is 4.20. The van der Waals surface area contributed by atoms with Crippen molar-refractivity contribution in [1.29, 1.82) is 0 Å². The molecule has 0 radical (unpaired) electrons. The molecule has 1 heterocycles. The molecule has 1 N–H and O–H groups in total. The summed E-state index contributed by atoms with van der Waals surface area (Å²) in [5, 5.41) is 5.79. The third-order valence-electron chi connectivity index (χ3n) is 3.31. The molecule has 96 valence electrons. The highest BCUT2D eigenvalue weighted by atomic mass is 32.1. The standard InChI is InChI=1S/C16H21NS/c1-5-17-15(16-12(3)8-9-18-16)14-7-6-11(2)10-13(14)4/h6-10,15,17H,5H2,1-4H3. The van der Waals surface area contributed by atoms with Gasteiger partial charge in [-0.1, -0.05) is 30.7 Å². The first kappa shape index (κ1) is 13.3. The zero-order valence-electron chi connectivity index (χ0n) is 11.6. The molecule has 1 aromatic heterocycles. The van der Waals surface area contributed by atoms with Gasteiger partial charge in [-0.05, 0) is 55.5 Å². The van der Waals surface area contributed by atoms with Crippen molar-refractivity contribution in [3.05, 3.63) is 56.8 Å². The Morgan fingerprint density at radius 2 is 1.89 bits per heavy atom. The smallest absolute Gasteiger partial charge is 0.0676 e. The second kappa shape index (κ2) is 5.68. The van der Waals surface area contributed by atoms with Gasteiger partial charge in [-0.3, -0.25) is 0 Å². The molecule has 2 heteroatoms. The van der Waals surface area contributed by atoms with Gasteiger partial charge in [0.1, 0.15) is 0 Å². The van der Waals surface area contributed by atoms with E-state index in [0.29, 0.717) is 6.04 Å². The lowest BCUT2D eigenvalue weighted by atomic mass is 9.97. The molecule has 0 saturated carbocycles. The van der Waals surface area contributed by atoms with E-state index in [1.807, 2.05) is 11.3 Å². The quantitative estimate of drug-likeness (QED) is 0.859. The fourth-order valence-electron chi connectivity index (χ4n) is 2.38. The molecule has 1 aromatic carbocycles. The lowest BCUT2D eigenvalue weighted by Gasteiger charge is -2.20. The summed E-state index contributed by atoms with van der Waals surface area (Å²) < 4.78 is 0. The molecule has 0 aliphatic carbocycles. The Labute approximate surface area is 114 Å². The van der Waals surface area contributed by atoms with Crippen LogP contribution in [0.1, 0.15) is 40.1 Å². The topological polar surface area (TPSA) is 12.0 Å². The van der Waals surface area contributed by atoms with Gasteiger partial charge in [0.05, 0.1) is 6.04 Å². The zero-order chi connectivity index (χ0) is 13.1. The first-order valence-corrected chi connectivity index (χ1v) is 7.36. The average molecular weight is 259 g/mol. The number of thiophene rings is 1. The van der Waals surface area contributed by atoms with Crippen molar-refractivity contribution in [2.45, 2.75) is 33.7 Å². The van der Waals surface area contributed by atoms with Crippen LogP contribution in [-0.4, -0.2) is 6.54 Å². The van der Waals surface area contributed by atoms with Crippen molar-refractivity contribution < 1.29 is 0 Å². The number of hydrogen-bond acceptors (Lipinski definition) is 2. The summed E-state index contributed by atoms with van der Waals surface area (Å²) in [4.78, 5) is 1.43. The van der Waals surface area contributed by atoms with E-state index in [2.05, 4.69) is 62.7 Å². The van der Waals surface area contributed by atoms with Crippen molar-refractivity contribution in [3.8, 4) is 0 Å². The Hall–Kier alpha value is -1.12. The zero-order valence-corrected chi connectivity index (χ0v) is 12.4. The molecule has 0 bridgehead atoms. The van der Waals surface area contributed by atoms with Crippen LogP contribution in [0.5, 0.6) is 0 Å². The van der Waals surface area contributed by atoms with Gasteiger partial charge in [-0.15, -0.1) is 11.3 Å². The maximum Gasteiger partial charge on any atom is 0.0676 e. The number of nitrogens with one attached hydrogen (secondary N) is 1. The Bertz CT molecular complexity index is 528. The lowest BCUT2D eigenvalue weighted by Crippen LogP contribution is -2.22. The average Bonchev–Trinajstić information content (AvgIpc) is 2.73. The van der Waals surface area contributed by atoms with Crippen LogP contribution < -0.4 is 5.32 Å². The van der Waals surface area contributed by atoms with Crippen molar-refractivity contribution in [1.82, 2.24) is 5.32 Å². The van der Waals surface area contributed by atoms with E-state index in [0.717, 1.165) is 6.54 Å². The molecule has 0 fully saturated rings. The molecule has 1 nitrogen and oxygen atoms in total. The van der Waals surface area contributed by atoms with Crippen LogP contribution in [-0.2, 0) is 0 Å². The van der Waals surface area contributed by atoms with Gasteiger partial charge < -0.3 is 5.32 Å². The van der Waals surface area contributed by atoms with Gasteiger partial charge in [0.15, 0.2) is 0 Å². The second-order valence-corrected chi connectivity index (χ2v) is 5.77. The summed E-state index contributed by atoms with van der Waals surface area (Å²) in [6, 6.07) is 9.26. The van der Waals surface area contributed by atoms with E-state index in [9.17, 15) is 0 Å². The number of benzene rings is 1. The molecule has 0 spiro atoms. The maximum atomic E-state index is 3.61. The van der Waals surface area contributed by atoms with Crippen LogP contribution in [0.25, 0.3) is 0 Å². The predicted octanol–water partition coefficient (Wildman–Crippen LogP) is 4.37. The highest BCUT2D eigenvalue weighted by Crippen LogP contribution is 2.31.